The molecule has 0 aliphatic carbocycles. The lowest BCUT2D eigenvalue weighted by Gasteiger charge is -2.21. The molecule has 0 saturated carbocycles. The molecular formula is C25H30N+. The third kappa shape index (κ3) is 3.44. The van der Waals surface area contributed by atoms with Crippen LogP contribution in [0.15, 0.2) is 54.7 Å². The monoisotopic (exact) mass is 347 g/mol. The lowest BCUT2D eigenvalue weighted by Crippen LogP contribution is -2.34. The molecular weight excluding hydrogens is 314 g/mol. The zero-order valence-corrected chi connectivity index (χ0v) is 16.6. The first-order chi connectivity index (χ1) is 13.4. The molecule has 3 aromatic rings. The van der Waals surface area contributed by atoms with Gasteiger partial charge < -0.3 is 0 Å². The molecule has 0 aliphatic rings. The van der Waals surface area contributed by atoms with E-state index in [1.165, 1.54) is 11.1 Å². The summed E-state index contributed by atoms with van der Waals surface area (Å²) in [7, 11) is 2.06. The highest BCUT2D eigenvalue weighted by molar-refractivity contribution is 5.75. The van der Waals surface area contributed by atoms with Crippen LogP contribution in [0.1, 0.15) is 47.1 Å². The van der Waals surface area contributed by atoms with Gasteiger partial charge in [-0.1, -0.05) is 57.2 Å². The Kier molecular flexibility index (Phi) is 3.81. The van der Waals surface area contributed by atoms with Gasteiger partial charge in [0.1, 0.15) is 7.05 Å². The smallest absolute Gasteiger partial charge is 0.201 e. The largest absolute Gasteiger partial charge is 0.212 e. The Hall–Kier alpha value is -2.41. The Bertz CT molecular complexity index is 1040. The standard InChI is InChI=1S/C25H30N/c1-17-13-18(2)22(15-21(17)20-11-9-8-10-12-20)24-14-19(3)23(16-26(24)7)25(4,5)6/h8-16H,1-7H3/q+1/i1D3. The Morgan fingerprint density at radius 2 is 1.54 bits per heavy atom. The van der Waals surface area contributed by atoms with Gasteiger partial charge in [-0.15, -0.1) is 0 Å². The molecule has 1 heteroatoms. The lowest BCUT2D eigenvalue weighted by molar-refractivity contribution is -0.661. The molecule has 0 N–H and O–H groups in total. The van der Waals surface area contributed by atoms with Gasteiger partial charge in [0.2, 0.25) is 5.69 Å². The average molecular weight is 348 g/mol. The first kappa shape index (κ1) is 14.7. The van der Waals surface area contributed by atoms with Gasteiger partial charge in [-0.05, 0) is 60.0 Å². The minimum Gasteiger partial charge on any atom is -0.201 e. The van der Waals surface area contributed by atoms with Crippen molar-refractivity contribution in [3.63, 3.8) is 0 Å². The van der Waals surface area contributed by atoms with E-state index in [0.29, 0.717) is 5.56 Å². The van der Waals surface area contributed by atoms with Crippen molar-refractivity contribution in [2.24, 2.45) is 7.05 Å². The van der Waals surface area contributed by atoms with Crippen LogP contribution in [0, 0.1) is 20.7 Å². The molecule has 0 bridgehead atoms. The van der Waals surface area contributed by atoms with Crippen molar-refractivity contribution in [2.45, 2.75) is 46.9 Å². The third-order valence-corrected chi connectivity index (χ3v) is 5.01. The second kappa shape index (κ2) is 6.72. The van der Waals surface area contributed by atoms with E-state index in [9.17, 15) is 0 Å². The number of pyridine rings is 1. The van der Waals surface area contributed by atoms with Crippen LogP contribution in [0.4, 0.5) is 0 Å². The SMILES string of the molecule is [2H]C([2H])([2H])c1cc(C)c(-c2cc(C)c(C(C)(C)C)c[n+]2C)cc1-c1ccccc1. The van der Waals surface area contributed by atoms with Gasteiger partial charge in [-0.3, -0.25) is 0 Å². The molecule has 0 amide bonds. The van der Waals surface area contributed by atoms with Crippen LogP contribution in [0.2, 0.25) is 0 Å². The van der Waals surface area contributed by atoms with Crippen molar-refractivity contribution in [1.29, 1.82) is 0 Å². The van der Waals surface area contributed by atoms with Crippen molar-refractivity contribution in [3.05, 3.63) is 77.0 Å². The van der Waals surface area contributed by atoms with Gasteiger partial charge in [-0.25, -0.2) is 4.57 Å². The van der Waals surface area contributed by atoms with Crippen LogP contribution >= 0.6 is 0 Å². The van der Waals surface area contributed by atoms with E-state index in [-0.39, 0.29) is 5.41 Å². The van der Waals surface area contributed by atoms with Crippen molar-refractivity contribution in [2.75, 3.05) is 0 Å². The zero-order chi connectivity index (χ0) is 21.6. The number of nitrogens with zero attached hydrogens (tertiary/aromatic N) is 1. The van der Waals surface area contributed by atoms with E-state index in [4.69, 9.17) is 4.11 Å². The number of aromatic nitrogens is 1. The average Bonchev–Trinajstić information content (AvgIpc) is 2.62. The summed E-state index contributed by atoms with van der Waals surface area (Å²) >= 11 is 0. The Morgan fingerprint density at radius 1 is 0.846 bits per heavy atom. The van der Waals surface area contributed by atoms with Crippen molar-refractivity contribution in [3.8, 4) is 22.4 Å². The first-order valence-corrected chi connectivity index (χ1v) is 9.11. The second-order valence-electron chi connectivity index (χ2n) is 8.20. The lowest BCUT2D eigenvalue weighted by atomic mass is 9.84. The maximum Gasteiger partial charge on any atom is 0.212 e. The van der Waals surface area contributed by atoms with Crippen LogP contribution in [-0.4, -0.2) is 0 Å². The maximum atomic E-state index is 8.04. The van der Waals surface area contributed by atoms with E-state index in [2.05, 4.69) is 51.6 Å². The molecule has 134 valence electrons. The van der Waals surface area contributed by atoms with Crippen LogP contribution in [0.5, 0.6) is 0 Å². The summed E-state index contributed by atoms with van der Waals surface area (Å²) in [5, 5.41) is 0. The van der Waals surface area contributed by atoms with Gasteiger partial charge in [-0.2, -0.15) is 0 Å². The third-order valence-electron chi connectivity index (χ3n) is 5.01. The maximum absolute atomic E-state index is 8.04. The summed E-state index contributed by atoms with van der Waals surface area (Å²) in [6, 6.07) is 15.9. The predicted octanol–water partition coefficient (Wildman–Crippen LogP) is 6.07. The molecule has 0 aliphatic heterocycles. The van der Waals surface area contributed by atoms with E-state index in [1.807, 2.05) is 49.4 Å². The fourth-order valence-electron chi connectivity index (χ4n) is 3.64. The summed E-state index contributed by atoms with van der Waals surface area (Å²) in [4.78, 5) is 0. The predicted molar refractivity (Wildman–Crippen MR) is 111 cm³/mol. The molecule has 1 aromatic heterocycles. The Balaban J connectivity index is 2.28. The summed E-state index contributed by atoms with van der Waals surface area (Å²) in [5.41, 5.74) is 7.81. The number of hydrogen-bond donors (Lipinski definition) is 0. The molecule has 1 heterocycles. The molecule has 26 heavy (non-hydrogen) atoms. The van der Waals surface area contributed by atoms with Gasteiger partial charge in [0.05, 0.1) is 0 Å². The van der Waals surface area contributed by atoms with Crippen molar-refractivity contribution < 1.29 is 8.68 Å². The molecule has 0 saturated heterocycles. The molecule has 0 radical (unpaired) electrons. The Labute approximate surface area is 162 Å². The van der Waals surface area contributed by atoms with Gasteiger partial charge in [0.15, 0.2) is 6.20 Å². The summed E-state index contributed by atoms with van der Waals surface area (Å²) in [5.74, 6) is 0. The summed E-state index contributed by atoms with van der Waals surface area (Å²) in [6.45, 7) is 8.64. The van der Waals surface area contributed by atoms with Crippen LogP contribution in [-0.2, 0) is 12.5 Å². The normalized spacial score (nSPS) is 13.8. The topological polar surface area (TPSA) is 3.88 Å². The minimum absolute atomic E-state index is 0.0652. The van der Waals surface area contributed by atoms with Crippen molar-refractivity contribution >= 4 is 0 Å². The van der Waals surface area contributed by atoms with E-state index in [0.717, 1.165) is 27.9 Å². The van der Waals surface area contributed by atoms with Crippen LogP contribution < -0.4 is 4.57 Å². The van der Waals surface area contributed by atoms with Gasteiger partial charge in [0.25, 0.3) is 0 Å². The first-order valence-electron chi connectivity index (χ1n) is 10.6. The van der Waals surface area contributed by atoms with E-state index < -0.39 is 6.85 Å². The number of rotatable bonds is 2. The zero-order valence-electron chi connectivity index (χ0n) is 19.6. The van der Waals surface area contributed by atoms with E-state index >= 15 is 0 Å². The fourth-order valence-corrected chi connectivity index (χ4v) is 3.64. The number of aryl methyl sites for hydroxylation is 4. The highest BCUT2D eigenvalue weighted by Crippen LogP contribution is 2.32. The van der Waals surface area contributed by atoms with Gasteiger partial charge in [0, 0.05) is 21.3 Å². The quantitative estimate of drug-likeness (QED) is 0.495. The van der Waals surface area contributed by atoms with E-state index in [1.54, 1.807) is 0 Å². The fraction of sp³-hybridized carbons (Fsp3) is 0.320. The van der Waals surface area contributed by atoms with Crippen molar-refractivity contribution in [1.82, 2.24) is 0 Å². The highest BCUT2D eigenvalue weighted by Gasteiger charge is 2.23. The number of benzene rings is 2. The molecule has 0 unspecified atom stereocenters. The van der Waals surface area contributed by atoms with Crippen LogP contribution in [0.25, 0.3) is 22.4 Å². The summed E-state index contributed by atoms with van der Waals surface area (Å²) < 4.78 is 26.3. The molecule has 2 aromatic carbocycles. The molecule has 1 nitrogen and oxygen atoms in total. The molecule has 3 rings (SSSR count). The molecule has 0 spiro atoms. The van der Waals surface area contributed by atoms with Gasteiger partial charge >= 0.3 is 0 Å². The Morgan fingerprint density at radius 3 is 2.15 bits per heavy atom. The molecule has 0 fully saturated rings. The number of hydrogen-bond acceptors (Lipinski definition) is 0. The highest BCUT2D eigenvalue weighted by atomic mass is 14.9. The molecule has 0 atom stereocenters. The second-order valence-corrected chi connectivity index (χ2v) is 8.20. The minimum atomic E-state index is -2.16. The summed E-state index contributed by atoms with van der Waals surface area (Å²) in [6.07, 6.45) is 2.20. The van der Waals surface area contributed by atoms with Crippen LogP contribution in [0.3, 0.4) is 0 Å².